The topological polar surface area (TPSA) is 37.8 Å². The Morgan fingerprint density at radius 2 is 2.20 bits per heavy atom. The molecule has 0 fully saturated rings. The Morgan fingerprint density at radius 1 is 1.35 bits per heavy atom. The summed E-state index contributed by atoms with van der Waals surface area (Å²) in [5.41, 5.74) is 2.65. The molecule has 0 bridgehead atoms. The highest BCUT2D eigenvalue weighted by atomic mass is 14.9. The zero-order valence-electron chi connectivity index (χ0n) is 13.3. The largest absolute Gasteiger partial charge is 0.310 e. The molecule has 0 spiro atoms. The van der Waals surface area contributed by atoms with E-state index < -0.39 is 0 Å². The summed E-state index contributed by atoms with van der Waals surface area (Å²) in [7, 11) is 0. The van der Waals surface area contributed by atoms with Crippen molar-refractivity contribution in [3.8, 4) is 0 Å². The molecule has 0 aromatic carbocycles. The second kappa shape index (κ2) is 7.72. The molecule has 0 saturated carbocycles. The number of rotatable bonds is 6. The van der Waals surface area contributed by atoms with Gasteiger partial charge in [0.05, 0.1) is 0 Å². The molecule has 0 radical (unpaired) electrons. The van der Waals surface area contributed by atoms with Crippen LogP contribution < -0.4 is 5.32 Å². The van der Waals surface area contributed by atoms with Crippen molar-refractivity contribution >= 4 is 0 Å². The fourth-order valence-corrected chi connectivity index (χ4v) is 2.82. The van der Waals surface area contributed by atoms with Crippen molar-refractivity contribution in [2.45, 2.75) is 71.8 Å². The van der Waals surface area contributed by atoms with Crippen molar-refractivity contribution in [1.29, 1.82) is 0 Å². The van der Waals surface area contributed by atoms with Crippen LogP contribution in [0.1, 0.15) is 76.0 Å². The number of hydrogen-bond acceptors (Lipinski definition) is 3. The summed E-state index contributed by atoms with van der Waals surface area (Å²) in [6, 6.07) is 0.464. The molecule has 1 atom stereocenters. The van der Waals surface area contributed by atoms with Crippen molar-refractivity contribution in [2.75, 3.05) is 6.54 Å². The van der Waals surface area contributed by atoms with Gasteiger partial charge in [0.1, 0.15) is 5.82 Å². The van der Waals surface area contributed by atoms with Gasteiger partial charge < -0.3 is 5.32 Å². The normalized spacial score (nSPS) is 18.9. The van der Waals surface area contributed by atoms with Gasteiger partial charge in [-0.15, -0.1) is 0 Å². The summed E-state index contributed by atoms with van der Waals surface area (Å²) in [5, 5.41) is 3.66. The highest BCUT2D eigenvalue weighted by Gasteiger charge is 2.20. The predicted molar refractivity (Wildman–Crippen MR) is 83.8 cm³/mol. The maximum Gasteiger partial charge on any atom is 0.128 e. The van der Waals surface area contributed by atoms with Crippen LogP contribution in [0.25, 0.3) is 0 Å². The summed E-state index contributed by atoms with van der Waals surface area (Å²) < 4.78 is 0. The lowest BCUT2D eigenvalue weighted by Gasteiger charge is -2.18. The minimum atomic E-state index is 0.464. The van der Waals surface area contributed by atoms with E-state index in [1.165, 1.54) is 43.4 Å². The van der Waals surface area contributed by atoms with E-state index in [4.69, 9.17) is 4.98 Å². The van der Waals surface area contributed by atoms with Crippen LogP contribution in [0.5, 0.6) is 0 Å². The van der Waals surface area contributed by atoms with Crippen LogP contribution in [-0.4, -0.2) is 16.5 Å². The Labute approximate surface area is 123 Å². The summed E-state index contributed by atoms with van der Waals surface area (Å²) >= 11 is 0. The Bertz CT molecular complexity index is 415. The van der Waals surface area contributed by atoms with Gasteiger partial charge in [-0.1, -0.05) is 27.2 Å². The molecule has 0 saturated heterocycles. The number of aromatic nitrogens is 2. The van der Waals surface area contributed by atoms with Crippen molar-refractivity contribution in [1.82, 2.24) is 15.3 Å². The summed E-state index contributed by atoms with van der Waals surface area (Å²) in [5.74, 6) is 1.75. The van der Waals surface area contributed by atoms with Crippen LogP contribution in [0, 0.1) is 5.92 Å². The molecule has 1 aliphatic carbocycles. The third kappa shape index (κ3) is 4.27. The van der Waals surface area contributed by atoms with E-state index in [9.17, 15) is 0 Å². The standard InChI is InChI=1S/C17H29N3/c1-4-11-18-15-7-5-6-8-16-14(15)12-19-17(20-16)10-9-13(2)3/h12-13,15,18H,4-11H2,1-3H3. The van der Waals surface area contributed by atoms with E-state index in [1.807, 2.05) is 0 Å². The SMILES string of the molecule is CCCNC1CCCCc2nc(CCC(C)C)ncc21. The smallest absolute Gasteiger partial charge is 0.128 e. The van der Waals surface area contributed by atoms with E-state index in [-0.39, 0.29) is 0 Å². The molecule has 2 rings (SSSR count). The zero-order chi connectivity index (χ0) is 14.4. The number of nitrogens with one attached hydrogen (secondary N) is 1. The molecule has 0 aliphatic heterocycles. The maximum absolute atomic E-state index is 4.85. The number of hydrogen-bond donors (Lipinski definition) is 1. The van der Waals surface area contributed by atoms with Crippen molar-refractivity contribution in [3.63, 3.8) is 0 Å². The number of aryl methyl sites for hydroxylation is 2. The zero-order valence-corrected chi connectivity index (χ0v) is 13.3. The maximum atomic E-state index is 4.85. The molecule has 1 unspecified atom stereocenters. The molecule has 1 aromatic heterocycles. The van der Waals surface area contributed by atoms with Crippen LogP contribution in [-0.2, 0) is 12.8 Å². The fourth-order valence-electron chi connectivity index (χ4n) is 2.82. The molecule has 112 valence electrons. The third-order valence-corrected chi connectivity index (χ3v) is 4.07. The first-order chi connectivity index (χ1) is 9.70. The van der Waals surface area contributed by atoms with E-state index in [0.29, 0.717) is 6.04 Å². The summed E-state index contributed by atoms with van der Waals surface area (Å²) in [4.78, 5) is 9.47. The van der Waals surface area contributed by atoms with Gasteiger partial charge in [-0.2, -0.15) is 0 Å². The lowest BCUT2D eigenvalue weighted by Crippen LogP contribution is -2.23. The van der Waals surface area contributed by atoms with Crippen molar-refractivity contribution in [2.24, 2.45) is 5.92 Å². The molecular formula is C17H29N3. The summed E-state index contributed by atoms with van der Waals surface area (Å²) in [6.45, 7) is 7.82. The first-order valence-electron chi connectivity index (χ1n) is 8.28. The molecule has 1 N–H and O–H groups in total. The second-order valence-electron chi connectivity index (χ2n) is 6.37. The monoisotopic (exact) mass is 275 g/mol. The minimum Gasteiger partial charge on any atom is -0.310 e. The van der Waals surface area contributed by atoms with Gasteiger partial charge in [0.2, 0.25) is 0 Å². The molecule has 0 amide bonds. The van der Waals surface area contributed by atoms with Gasteiger partial charge in [0, 0.05) is 29.9 Å². The van der Waals surface area contributed by atoms with E-state index in [2.05, 4.69) is 37.3 Å². The van der Waals surface area contributed by atoms with E-state index in [1.54, 1.807) is 0 Å². The van der Waals surface area contributed by atoms with Crippen LogP contribution in [0.4, 0.5) is 0 Å². The average Bonchev–Trinajstić information content (AvgIpc) is 2.64. The molecule has 1 heterocycles. The van der Waals surface area contributed by atoms with Crippen LogP contribution >= 0.6 is 0 Å². The second-order valence-corrected chi connectivity index (χ2v) is 6.37. The molecule has 20 heavy (non-hydrogen) atoms. The molecule has 1 aromatic rings. The average molecular weight is 275 g/mol. The highest BCUT2D eigenvalue weighted by Crippen LogP contribution is 2.27. The molecular weight excluding hydrogens is 246 g/mol. The number of fused-ring (bicyclic) bond motifs is 1. The lowest BCUT2D eigenvalue weighted by molar-refractivity contribution is 0.487. The fraction of sp³-hybridized carbons (Fsp3) is 0.765. The lowest BCUT2D eigenvalue weighted by atomic mass is 10.0. The van der Waals surface area contributed by atoms with E-state index >= 15 is 0 Å². The molecule has 3 heteroatoms. The third-order valence-electron chi connectivity index (χ3n) is 4.07. The number of nitrogens with zero attached hydrogens (tertiary/aromatic N) is 2. The van der Waals surface area contributed by atoms with Gasteiger partial charge in [-0.3, -0.25) is 0 Å². The first-order valence-corrected chi connectivity index (χ1v) is 8.28. The van der Waals surface area contributed by atoms with Gasteiger partial charge >= 0.3 is 0 Å². The van der Waals surface area contributed by atoms with E-state index in [0.717, 1.165) is 31.1 Å². The Kier molecular flexibility index (Phi) is 5.96. The Balaban J connectivity index is 2.12. The molecule has 1 aliphatic rings. The first kappa shape index (κ1) is 15.4. The summed E-state index contributed by atoms with van der Waals surface area (Å²) in [6.07, 6.45) is 10.4. The quantitative estimate of drug-likeness (QED) is 0.802. The van der Waals surface area contributed by atoms with Crippen molar-refractivity contribution < 1.29 is 0 Å². The predicted octanol–water partition coefficient (Wildman–Crippen LogP) is 3.83. The van der Waals surface area contributed by atoms with Gasteiger partial charge in [0.25, 0.3) is 0 Å². The Morgan fingerprint density at radius 3 is 2.95 bits per heavy atom. The van der Waals surface area contributed by atoms with Gasteiger partial charge in [-0.05, 0) is 44.6 Å². The molecule has 3 nitrogen and oxygen atoms in total. The highest BCUT2D eigenvalue weighted by molar-refractivity contribution is 5.23. The van der Waals surface area contributed by atoms with Gasteiger partial charge in [0.15, 0.2) is 0 Å². The van der Waals surface area contributed by atoms with Crippen LogP contribution in [0.3, 0.4) is 0 Å². The van der Waals surface area contributed by atoms with Crippen LogP contribution in [0.2, 0.25) is 0 Å². The van der Waals surface area contributed by atoms with Crippen molar-refractivity contribution in [3.05, 3.63) is 23.3 Å². The van der Waals surface area contributed by atoms with Crippen LogP contribution in [0.15, 0.2) is 6.20 Å². The minimum absolute atomic E-state index is 0.464. The Hall–Kier alpha value is -0.960. The van der Waals surface area contributed by atoms with Gasteiger partial charge in [-0.25, -0.2) is 9.97 Å².